The van der Waals surface area contributed by atoms with E-state index in [0.717, 1.165) is 44.6 Å². The number of anilines is 1. The van der Waals surface area contributed by atoms with E-state index in [9.17, 15) is 10.2 Å². The van der Waals surface area contributed by atoms with E-state index in [1.807, 2.05) is 51.1 Å². The van der Waals surface area contributed by atoms with Gasteiger partial charge in [-0.05, 0) is 77.9 Å². The topological polar surface area (TPSA) is 66.5 Å². The molecule has 0 saturated heterocycles. The predicted octanol–water partition coefficient (Wildman–Crippen LogP) is 4.94. The van der Waals surface area contributed by atoms with E-state index in [1.54, 1.807) is 18.2 Å². The first-order valence-electron chi connectivity index (χ1n) is 7.88. The maximum absolute atomic E-state index is 10.2. The van der Waals surface area contributed by atoms with Gasteiger partial charge in [0.25, 0.3) is 0 Å². The van der Waals surface area contributed by atoms with E-state index in [4.69, 9.17) is 5.73 Å². The van der Waals surface area contributed by atoms with Crippen LogP contribution in [0.15, 0.2) is 48.5 Å². The van der Waals surface area contributed by atoms with Crippen LogP contribution in [0.2, 0.25) is 0 Å². The number of phenols is 2. The summed E-state index contributed by atoms with van der Waals surface area (Å²) in [4.78, 5) is 0. The minimum Gasteiger partial charge on any atom is -0.508 e. The summed E-state index contributed by atoms with van der Waals surface area (Å²) in [7, 11) is 0. The largest absolute Gasteiger partial charge is 0.508 e. The molecule has 0 aliphatic rings. The van der Waals surface area contributed by atoms with Crippen molar-refractivity contribution in [2.45, 2.75) is 20.8 Å². The van der Waals surface area contributed by atoms with Crippen molar-refractivity contribution >= 4 is 5.69 Å². The first-order chi connectivity index (χ1) is 11.4. The van der Waals surface area contributed by atoms with Crippen LogP contribution in [0.5, 0.6) is 11.5 Å². The van der Waals surface area contributed by atoms with Gasteiger partial charge in [0.05, 0.1) is 0 Å². The van der Waals surface area contributed by atoms with E-state index in [1.165, 1.54) is 0 Å². The number of nitrogens with two attached hydrogens (primary N) is 1. The molecule has 0 heterocycles. The highest BCUT2D eigenvalue weighted by atomic mass is 16.3. The van der Waals surface area contributed by atoms with Gasteiger partial charge in [0.15, 0.2) is 0 Å². The number of nitrogen functional groups attached to an aromatic ring is 1. The Morgan fingerprint density at radius 2 is 1.33 bits per heavy atom. The smallest absolute Gasteiger partial charge is 0.119 e. The normalized spacial score (nSPS) is 10.8. The summed E-state index contributed by atoms with van der Waals surface area (Å²) in [5.41, 5.74) is 13.8. The Labute approximate surface area is 142 Å². The first-order valence-corrected chi connectivity index (χ1v) is 7.88. The van der Waals surface area contributed by atoms with Crippen LogP contribution in [-0.2, 0) is 0 Å². The Morgan fingerprint density at radius 1 is 0.708 bits per heavy atom. The third-order valence-corrected chi connectivity index (χ3v) is 4.62. The molecule has 0 aromatic heterocycles. The molecule has 0 saturated carbocycles. The highest BCUT2D eigenvalue weighted by molar-refractivity contribution is 5.90. The second-order valence-corrected chi connectivity index (χ2v) is 6.15. The molecule has 0 aliphatic carbocycles. The van der Waals surface area contributed by atoms with Crippen LogP contribution in [0.1, 0.15) is 16.7 Å². The fraction of sp³-hybridized carbons (Fsp3) is 0.143. The molecule has 4 N–H and O–H groups in total. The summed E-state index contributed by atoms with van der Waals surface area (Å²) in [6, 6.07) is 14.7. The lowest BCUT2D eigenvalue weighted by Gasteiger charge is -2.18. The van der Waals surface area contributed by atoms with Gasteiger partial charge in [-0.1, -0.05) is 30.3 Å². The Bertz CT molecular complexity index is 912. The zero-order chi connectivity index (χ0) is 17.4. The number of benzene rings is 3. The second-order valence-electron chi connectivity index (χ2n) is 6.15. The molecule has 3 nitrogen and oxygen atoms in total. The Hall–Kier alpha value is -2.94. The molecule has 0 bridgehead atoms. The summed E-state index contributed by atoms with van der Waals surface area (Å²) in [6.45, 7) is 5.90. The van der Waals surface area contributed by atoms with E-state index in [0.29, 0.717) is 0 Å². The predicted molar refractivity (Wildman–Crippen MR) is 99.3 cm³/mol. The third kappa shape index (κ3) is 2.58. The van der Waals surface area contributed by atoms with Gasteiger partial charge >= 0.3 is 0 Å². The van der Waals surface area contributed by atoms with E-state index in [-0.39, 0.29) is 11.5 Å². The molecule has 24 heavy (non-hydrogen) atoms. The van der Waals surface area contributed by atoms with Crippen LogP contribution in [0.4, 0.5) is 5.69 Å². The van der Waals surface area contributed by atoms with Crippen LogP contribution in [-0.4, -0.2) is 10.2 Å². The van der Waals surface area contributed by atoms with Crippen molar-refractivity contribution in [2.75, 3.05) is 5.73 Å². The minimum absolute atomic E-state index is 0.228. The molecule has 3 rings (SSSR count). The van der Waals surface area contributed by atoms with Gasteiger partial charge in [0, 0.05) is 5.69 Å². The summed E-state index contributed by atoms with van der Waals surface area (Å²) in [6.07, 6.45) is 0. The van der Waals surface area contributed by atoms with Crippen LogP contribution in [0, 0.1) is 20.8 Å². The maximum Gasteiger partial charge on any atom is 0.119 e. The Balaban J connectivity index is 2.33. The number of aromatic hydroxyl groups is 2. The Kier molecular flexibility index (Phi) is 3.94. The number of rotatable bonds is 2. The molecule has 0 fully saturated rings. The van der Waals surface area contributed by atoms with Crippen molar-refractivity contribution in [3.63, 3.8) is 0 Å². The zero-order valence-electron chi connectivity index (χ0n) is 14.1. The quantitative estimate of drug-likeness (QED) is 0.586. The SMILES string of the molecule is Cc1ccc(-c2c(-c3ccc(O)cc3)ccc(O)c2C)c(C)c1N. The van der Waals surface area contributed by atoms with Gasteiger partial charge in [0.1, 0.15) is 11.5 Å². The van der Waals surface area contributed by atoms with Crippen LogP contribution in [0.25, 0.3) is 22.3 Å². The van der Waals surface area contributed by atoms with Crippen molar-refractivity contribution in [3.8, 4) is 33.8 Å². The van der Waals surface area contributed by atoms with E-state index in [2.05, 4.69) is 0 Å². The summed E-state index contributed by atoms with van der Waals surface area (Å²) < 4.78 is 0. The van der Waals surface area contributed by atoms with E-state index < -0.39 is 0 Å². The summed E-state index contributed by atoms with van der Waals surface area (Å²) >= 11 is 0. The molecule has 0 unspecified atom stereocenters. The zero-order valence-corrected chi connectivity index (χ0v) is 14.1. The molecular formula is C21H21NO2. The van der Waals surface area contributed by atoms with Gasteiger partial charge in [-0.25, -0.2) is 0 Å². The minimum atomic E-state index is 0.228. The molecule has 0 aliphatic heterocycles. The molecular weight excluding hydrogens is 298 g/mol. The fourth-order valence-electron chi connectivity index (χ4n) is 3.06. The van der Waals surface area contributed by atoms with Gasteiger partial charge in [-0.2, -0.15) is 0 Å². The lowest BCUT2D eigenvalue weighted by molar-refractivity contribution is 0.471. The third-order valence-electron chi connectivity index (χ3n) is 4.62. The Morgan fingerprint density at radius 3 is 2.00 bits per heavy atom. The van der Waals surface area contributed by atoms with Gasteiger partial charge in [-0.15, -0.1) is 0 Å². The van der Waals surface area contributed by atoms with Crippen molar-refractivity contribution < 1.29 is 10.2 Å². The molecule has 3 heteroatoms. The lowest BCUT2D eigenvalue weighted by Crippen LogP contribution is -1.98. The number of hydrogen-bond donors (Lipinski definition) is 3. The fourth-order valence-corrected chi connectivity index (χ4v) is 3.06. The molecule has 122 valence electrons. The van der Waals surface area contributed by atoms with Crippen molar-refractivity contribution in [2.24, 2.45) is 0 Å². The first kappa shape index (κ1) is 15.9. The van der Waals surface area contributed by atoms with Gasteiger partial charge < -0.3 is 15.9 Å². The summed E-state index contributed by atoms with van der Waals surface area (Å²) in [5, 5.41) is 19.8. The van der Waals surface area contributed by atoms with Gasteiger partial charge in [-0.3, -0.25) is 0 Å². The van der Waals surface area contributed by atoms with E-state index >= 15 is 0 Å². The highest BCUT2D eigenvalue weighted by Gasteiger charge is 2.16. The van der Waals surface area contributed by atoms with Crippen molar-refractivity contribution in [1.82, 2.24) is 0 Å². The average molecular weight is 319 g/mol. The second kappa shape index (κ2) is 5.93. The molecule has 0 atom stereocenters. The molecule has 0 amide bonds. The average Bonchev–Trinajstić information content (AvgIpc) is 2.57. The highest BCUT2D eigenvalue weighted by Crippen LogP contribution is 2.41. The van der Waals surface area contributed by atoms with Crippen molar-refractivity contribution in [3.05, 3.63) is 65.2 Å². The molecule has 0 radical (unpaired) electrons. The number of hydrogen-bond acceptors (Lipinski definition) is 3. The maximum atomic E-state index is 10.2. The number of phenolic OH excluding ortho intramolecular Hbond substituents is 2. The molecule has 0 spiro atoms. The van der Waals surface area contributed by atoms with Gasteiger partial charge in [0.2, 0.25) is 0 Å². The van der Waals surface area contributed by atoms with Crippen LogP contribution >= 0.6 is 0 Å². The lowest BCUT2D eigenvalue weighted by atomic mass is 9.87. The molecule has 3 aromatic rings. The van der Waals surface area contributed by atoms with Crippen LogP contribution in [0.3, 0.4) is 0 Å². The summed E-state index contributed by atoms with van der Waals surface area (Å²) in [5.74, 6) is 0.484. The van der Waals surface area contributed by atoms with Crippen LogP contribution < -0.4 is 5.73 Å². The van der Waals surface area contributed by atoms with Crippen molar-refractivity contribution in [1.29, 1.82) is 0 Å². The molecule has 3 aromatic carbocycles. The standard InChI is InChI=1S/C21H21NO2/c1-12-4-9-17(13(2)21(12)22)20-14(3)19(24)11-10-18(20)15-5-7-16(23)8-6-15/h4-11,23-24H,22H2,1-3H3. The monoisotopic (exact) mass is 319 g/mol. The number of aryl methyl sites for hydroxylation is 1.